The molecule has 74 valence electrons. The molecule has 0 radical (unpaired) electrons. The van der Waals surface area contributed by atoms with Crippen LogP contribution in [0.3, 0.4) is 0 Å². The van der Waals surface area contributed by atoms with Gasteiger partial charge in [-0.2, -0.15) is 5.26 Å². The van der Waals surface area contributed by atoms with Gasteiger partial charge in [-0.3, -0.25) is 4.79 Å². The molecule has 0 spiro atoms. The lowest BCUT2D eigenvalue weighted by molar-refractivity contribution is 0.984. The molecular weight excluding hydrogens is 188 g/mol. The van der Waals surface area contributed by atoms with E-state index in [2.05, 4.69) is 4.98 Å². The van der Waals surface area contributed by atoms with Gasteiger partial charge < -0.3 is 4.98 Å². The molecule has 1 heterocycles. The fourth-order valence-corrected chi connectivity index (χ4v) is 1.57. The van der Waals surface area contributed by atoms with Crippen LogP contribution in [-0.4, -0.2) is 4.98 Å². The van der Waals surface area contributed by atoms with E-state index in [1.807, 2.05) is 36.4 Å². The fraction of sp³-hybridized carbons (Fsp3) is 0.167. The number of nitrogens with zero attached hydrogens (tertiary/aromatic N) is 1. The normalized spacial score (nSPS) is 10.1. The maximum atomic E-state index is 11.6. The van der Waals surface area contributed by atoms with E-state index in [4.69, 9.17) is 5.26 Å². The molecule has 0 saturated carbocycles. The van der Waals surface area contributed by atoms with Crippen LogP contribution in [-0.2, 0) is 6.42 Å². The molecule has 0 aliphatic rings. The number of benzene rings is 1. The van der Waals surface area contributed by atoms with Crippen LogP contribution in [0.25, 0.3) is 10.9 Å². The molecule has 0 amide bonds. The fourth-order valence-electron chi connectivity index (χ4n) is 1.57. The summed E-state index contributed by atoms with van der Waals surface area (Å²) in [6, 6.07) is 11.5. The molecule has 2 aromatic rings. The van der Waals surface area contributed by atoms with Gasteiger partial charge in [-0.1, -0.05) is 18.2 Å². The third-order valence-electron chi connectivity index (χ3n) is 2.34. The molecule has 0 fully saturated rings. The van der Waals surface area contributed by atoms with Crippen molar-refractivity contribution in [2.75, 3.05) is 0 Å². The molecule has 0 aliphatic carbocycles. The average molecular weight is 198 g/mol. The lowest BCUT2D eigenvalue weighted by atomic mass is 10.1. The first-order valence-corrected chi connectivity index (χ1v) is 4.79. The lowest BCUT2D eigenvalue weighted by Crippen LogP contribution is -2.11. The van der Waals surface area contributed by atoms with Crippen LogP contribution in [0.2, 0.25) is 0 Å². The van der Waals surface area contributed by atoms with Crippen molar-refractivity contribution < 1.29 is 0 Å². The summed E-state index contributed by atoms with van der Waals surface area (Å²) in [5.74, 6) is 0. The van der Waals surface area contributed by atoms with Gasteiger partial charge in [0.15, 0.2) is 0 Å². The van der Waals surface area contributed by atoms with Crippen molar-refractivity contribution in [1.29, 1.82) is 5.26 Å². The van der Waals surface area contributed by atoms with Crippen molar-refractivity contribution in [1.82, 2.24) is 4.98 Å². The maximum Gasteiger partial charge on any atom is 0.251 e. The molecule has 15 heavy (non-hydrogen) atoms. The highest BCUT2D eigenvalue weighted by Gasteiger charge is 2.01. The maximum absolute atomic E-state index is 11.6. The molecule has 0 saturated heterocycles. The Morgan fingerprint density at radius 2 is 2.13 bits per heavy atom. The zero-order valence-electron chi connectivity index (χ0n) is 8.16. The summed E-state index contributed by atoms with van der Waals surface area (Å²) >= 11 is 0. The zero-order chi connectivity index (χ0) is 10.7. The van der Waals surface area contributed by atoms with E-state index in [0.717, 1.165) is 10.9 Å². The highest BCUT2D eigenvalue weighted by atomic mass is 16.1. The van der Waals surface area contributed by atoms with Gasteiger partial charge in [-0.05, 0) is 23.9 Å². The van der Waals surface area contributed by atoms with Crippen LogP contribution in [0.5, 0.6) is 0 Å². The molecule has 1 aromatic heterocycles. The molecule has 3 nitrogen and oxygen atoms in total. The Morgan fingerprint density at radius 3 is 2.93 bits per heavy atom. The number of fused-ring (bicyclic) bond motifs is 1. The van der Waals surface area contributed by atoms with Crippen molar-refractivity contribution in [2.24, 2.45) is 0 Å². The van der Waals surface area contributed by atoms with Gasteiger partial charge >= 0.3 is 0 Å². The Kier molecular flexibility index (Phi) is 2.51. The quantitative estimate of drug-likeness (QED) is 0.802. The number of hydrogen-bond donors (Lipinski definition) is 1. The van der Waals surface area contributed by atoms with Crippen molar-refractivity contribution in [3.63, 3.8) is 0 Å². The third-order valence-corrected chi connectivity index (χ3v) is 2.34. The summed E-state index contributed by atoms with van der Waals surface area (Å²) in [6.45, 7) is 0. The summed E-state index contributed by atoms with van der Waals surface area (Å²) in [6.07, 6.45) is 0.887. The van der Waals surface area contributed by atoms with Crippen LogP contribution in [0.4, 0.5) is 0 Å². The Labute approximate surface area is 87.0 Å². The van der Waals surface area contributed by atoms with E-state index >= 15 is 0 Å². The summed E-state index contributed by atoms with van der Waals surface area (Å²) < 4.78 is 0. The van der Waals surface area contributed by atoms with Crippen molar-refractivity contribution >= 4 is 10.9 Å². The van der Waals surface area contributed by atoms with Crippen LogP contribution in [0.1, 0.15) is 12.0 Å². The first kappa shape index (κ1) is 9.47. The average Bonchev–Trinajstić information content (AvgIpc) is 2.26. The molecule has 1 N–H and O–H groups in total. The minimum atomic E-state index is -0.0936. The van der Waals surface area contributed by atoms with Gasteiger partial charge in [-0.25, -0.2) is 0 Å². The minimum Gasteiger partial charge on any atom is -0.322 e. The Morgan fingerprint density at radius 1 is 1.33 bits per heavy atom. The number of rotatable bonds is 2. The summed E-state index contributed by atoms with van der Waals surface area (Å²) in [5, 5.41) is 9.47. The highest BCUT2D eigenvalue weighted by molar-refractivity contribution is 5.78. The van der Waals surface area contributed by atoms with Crippen LogP contribution in [0, 0.1) is 11.3 Å². The largest absolute Gasteiger partial charge is 0.322 e. The molecule has 1 aromatic carbocycles. The van der Waals surface area contributed by atoms with E-state index in [1.54, 1.807) is 0 Å². The highest BCUT2D eigenvalue weighted by Crippen LogP contribution is 2.10. The van der Waals surface area contributed by atoms with Crippen LogP contribution < -0.4 is 5.56 Å². The van der Waals surface area contributed by atoms with Crippen molar-refractivity contribution in [2.45, 2.75) is 12.8 Å². The van der Waals surface area contributed by atoms with Gasteiger partial charge in [0, 0.05) is 17.5 Å². The van der Waals surface area contributed by atoms with Crippen molar-refractivity contribution in [3.05, 3.63) is 46.2 Å². The van der Waals surface area contributed by atoms with E-state index in [0.29, 0.717) is 18.4 Å². The number of aromatic nitrogens is 1. The topological polar surface area (TPSA) is 56.6 Å². The Balaban J connectivity index is 2.53. The molecule has 0 bridgehead atoms. The van der Waals surface area contributed by atoms with Gasteiger partial charge in [0.2, 0.25) is 0 Å². The first-order chi connectivity index (χ1) is 7.31. The van der Waals surface area contributed by atoms with E-state index < -0.39 is 0 Å². The first-order valence-electron chi connectivity index (χ1n) is 4.79. The number of pyridine rings is 1. The molecule has 3 heteroatoms. The number of aromatic amines is 1. The van der Waals surface area contributed by atoms with E-state index in [-0.39, 0.29) is 5.56 Å². The van der Waals surface area contributed by atoms with Gasteiger partial charge in [0.25, 0.3) is 5.56 Å². The number of aryl methyl sites for hydroxylation is 1. The van der Waals surface area contributed by atoms with E-state index in [9.17, 15) is 4.79 Å². The predicted molar refractivity (Wildman–Crippen MR) is 58.5 cm³/mol. The van der Waals surface area contributed by atoms with Gasteiger partial charge in [-0.15, -0.1) is 0 Å². The summed E-state index contributed by atoms with van der Waals surface area (Å²) in [7, 11) is 0. The third kappa shape index (κ3) is 1.89. The molecule has 0 atom stereocenters. The number of para-hydroxylation sites is 1. The Bertz CT molecular complexity index is 578. The number of H-pyrrole nitrogens is 1. The van der Waals surface area contributed by atoms with E-state index in [1.165, 1.54) is 0 Å². The monoisotopic (exact) mass is 198 g/mol. The molecular formula is C12H10N2O. The molecule has 0 unspecified atom stereocenters. The zero-order valence-corrected chi connectivity index (χ0v) is 8.16. The van der Waals surface area contributed by atoms with Gasteiger partial charge in [0.05, 0.1) is 6.07 Å². The minimum absolute atomic E-state index is 0.0936. The lowest BCUT2D eigenvalue weighted by Gasteiger charge is -2.00. The standard InChI is InChI=1S/C12H10N2O/c13-7-3-5-10-8-9-4-1-2-6-11(9)14-12(10)15/h1-2,4,6,8H,3,5H2,(H,14,15). The van der Waals surface area contributed by atoms with Crippen LogP contribution in [0.15, 0.2) is 35.1 Å². The smallest absolute Gasteiger partial charge is 0.251 e. The number of hydrogen-bond acceptors (Lipinski definition) is 2. The molecule has 0 aliphatic heterocycles. The van der Waals surface area contributed by atoms with Crippen molar-refractivity contribution in [3.8, 4) is 6.07 Å². The summed E-state index contributed by atoms with van der Waals surface area (Å²) in [5.41, 5.74) is 1.42. The second kappa shape index (κ2) is 3.97. The second-order valence-corrected chi connectivity index (χ2v) is 3.37. The number of nitriles is 1. The second-order valence-electron chi connectivity index (χ2n) is 3.37. The Hall–Kier alpha value is -2.08. The SMILES string of the molecule is N#CCCc1cc2ccccc2[nH]c1=O. The number of nitrogens with one attached hydrogen (secondary N) is 1. The molecule has 2 rings (SSSR count). The van der Waals surface area contributed by atoms with Crippen LogP contribution >= 0.6 is 0 Å². The summed E-state index contributed by atoms with van der Waals surface area (Å²) in [4.78, 5) is 14.4. The van der Waals surface area contributed by atoms with Gasteiger partial charge in [0.1, 0.15) is 0 Å². The predicted octanol–water partition coefficient (Wildman–Crippen LogP) is 1.98.